The summed E-state index contributed by atoms with van der Waals surface area (Å²) >= 11 is 1.57. The summed E-state index contributed by atoms with van der Waals surface area (Å²) in [5.74, 6) is -1.46. The van der Waals surface area contributed by atoms with Crippen LogP contribution in [0.15, 0.2) is 17.5 Å². The van der Waals surface area contributed by atoms with Gasteiger partial charge in [-0.1, -0.05) is 13.0 Å². The Kier molecular flexibility index (Phi) is 4.96. The van der Waals surface area contributed by atoms with Crippen LogP contribution in [0.2, 0.25) is 0 Å². The number of carbonyl (C=O) groups excluding carboxylic acids is 1. The fourth-order valence-corrected chi connectivity index (χ4v) is 1.93. The van der Waals surface area contributed by atoms with Crippen LogP contribution in [-0.4, -0.2) is 35.6 Å². The highest BCUT2D eigenvalue weighted by Gasteiger charge is 2.16. The van der Waals surface area contributed by atoms with E-state index in [1.165, 1.54) is 4.90 Å². The Morgan fingerprint density at radius 3 is 2.82 bits per heavy atom. The Morgan fingerprint density at radius 2 is 2.29 bits per heavy atom. The summed E-state index contributed by atoms with van der Waals surface area (Å²) < 4.78 is 0. The van der Waals surface area contributed by atoms with Gasteiger partial charge in [-0.15, -0.1) is 11.3 Å². The topological polar surface area (TPSA) is 69.6 Å². The SMILES string of the molecule is CC(CN(C)C(=O)NCc1cccs1)C(=O)O. The van der Waals surface area contributed by atoms with Crippen LogP contribution in [-0.2, 0) is 11.3 Å². The zero-order chi connectivity index (χ0) is 12.8. The van der Waals surface area contributed by atoms with Crippen LogP contribution in [0, 0.1) is 5.92 Å². The van der Waals surface area contributed by atoms with E-state index < -0.39 is 11.9 Å². The van der Waals surface area contributed by atoms with Gasteiger partial charge >= 0.3 is 12.0 Å². The highest BCUT2D eigenvalue weighted by molar-refractivity contribution is 7.09. The van der Waals surface area contributed by atoms with Crippen molar-refractivity contribution in [1.82, 2.24) is 10.2 Å². The molecule has 1 aromatic rings. The van der Waals surface area contributed by atoms with Gasteiger partial charge in [-0.2, -0.15) is 0 Å². The molecule has 6 heteroatoms. The fraction of sp³-hybridized carbons (Fsp3) is 0.455. The zero-order valence-electron chi connectivity index (χ0n) is 9.84. The molecule has 0 radical (unpaired) electrons. The van der Waals surface area contributed by atoms with Crippen LogP contribution in [0.5, 0.6) is 0 Å². The Hall–Kier alpha value is -1.56. The number of thiophene rings is 1. The van der Waals surface area contributed by atoms with Crippen LogP contribution < -0.4 is 5.32 Å². The van der Waals surface area contributed by atoms with Crippen LogP contribution in [0.1, 0.15) is 11.8 Å². The second-order valence-electron chi connectivity index (χ2n) is 3.86. The molecule has 0 bridgehead atoms. The van der Waals surface area contributed by atoms with Crippen molar-refractivity contribution in [3.8, 4) is 0 Å². The molecular formula is C11H16N2O3S. The van der Waals surface area contributed by atoms with Crippen molar-refractivity contribution >= 4 is 23.3 Å². The molecule has 1 aromatic heterocycles. The highest BCUT2D eigenvalue weighted by Crippen LogP contribution is 2.07. The Bertz CT molecular complexity index is 378. The number of hydrogen-bond acceptors (Lipinski definition) is 3. The summed E-state index contributed by atoms with van der Waals surface area (Å²) in [5.41, 5.74) is 0. The summed E-state index contributed by atoms with van der Waals surface area (Å²) in [4.78, 5) is 24.7. The fourth-order valence-electron chi connectivity index (χ4n) is 1.28. The van der Waals surface area contributed by atoms with E-state index in [0.29, 0.717) is 6.54 Å². The van der Waals surface area contributed by atoms with Crippen LogP contribution >= 0.6 is 11.3 Å². The number of carbonyl (C=O) groups is 2. The summed E-state index contributed by atoms with van der Waals surface area (Å²) in [5, 5.41) is 13.4. The minimum Gasteiger partial charge on any atom is -0.481 e. The van der Waals surface area contributed by atoms with Crippen LogP contribution in [0.25, 0.3) is 0 Å². The van der Waals surface area contributed by atoms with Gasteiger partial charge in [-0.05, 0) is 11.4 Å². The molecule has 0 aliphatic carbocycles. The van der Waals surface area contributed by atoms with Gasteiger partial charge in [0.15, 0.2) is 0 Å². The van der Waals surface area contributed by atoms with Crippen LogP contribution in [0.4, 0.5) is 4.79 Å². The number of hydrogen-bond donors (Lipinski definition) is 2. The molecule has 0 saturated heterocycles. The van der Waals surface area contributed by atoms with Gasteiger partial charge in [-0.3, -0.25) is 4.79 Å². The normalized spacial score (nSPS) is 11.9. The van der Waals surface area contributed by atoms with E-state index in [2.05, 4.69) is 5.32 Å². The second-order valence-corrected chi connectivity index (χ2v) is 4.89. The van der Waals surface area contributed by atoms with E-state index in [0.717, 1.165) is 4.88 Å². The molecule has 0 spiro atoms. The smallest absolute Gasteiger partial charge is 0.317 e. The van der Waals surface area contributed by atoms with Gasteiger partial charge in [0.2, 0.25) is 0 Å². The Balaban J connectivity index is 2.34. The number of urea groups is 1. The molecule has 2 amide bonds. The van der Waals surface area contributed by atoms with E-state index in [-0.39, 0.29) is 12.6 Å². The number of rotatable bonds is 5. The van der Waals surface area contributed by atoms with Crippen molar-refractivity contribution in [2.75, 3.05) is 13.6 Å². The molecule has 0 fully saturated rings. The molecule has 0 aliphatic heterocycles. The average molecular weight is 256 g/mol. The van der Waals surface area contributed by atoms with E-state index in [1.54, 1.807) is 25.3 Å². The summed E-state index contributed by atoms with van der Waals surface area (Å²) in [6.07, 6.45) is 0. The van der Waals surface area contributed by atoms with Crippen LogP contribution in [0.3, 0.4) is 0 Å². The van der Waals surface area contributed by atoms with Crippen molar-refractivity contribution < 1.29 is 14.7 Å². The molecule has 2 N–H and O–H groups in total. The summed E-state index contributed by atoms with van der Waals surface area (Å²) in [6, 6.07) is 3.60. The highest BCUT2D eigenvalue weighted by atomic mass is 32.1. The molecule has 5 nitrogen and oxygen atoms in total. The first-order valence-corrected chi connectivity index (χ1v) is 6.13. The minimum atomic E-state index is -0.900. The quantitative estimate of drug-likeness (QED) is 0.841. The molecule has 17 heavy (non-hydrogen) atoms. The van der Waals surface area contributed by atoms with E-state index in [1.807, 2.05) is 17.5 Å². The standard InChI is InChI=1S/C11H16N2O3S/c1-8(10(14)15)7-13(2)11(16)12-6-9-4-3-5-17-9/h3-5,8H,6-7H2,1-2H3,(H,12,16)(H,14,15). The predicted molar refractivity (Wildman–Crippen MR) is 66.0 cm³/mol. The van der Waals surface area contributed by atoms with Crippen molar-refractivity contribution in [3.63, 3.8) is 0 Å². The molecule has 1 rings (SSSR count). The molecule has 0 saturated carbocycles. The predicted octanol–water partition coefficient (Wildman–Crippen LogP) is 1.61. The van der Waals surface area contributed by atoms with Crippen molar-refractivity contribution in [3.05, 3.63) is 22.4 Å². The largest absolute Gasteiger partial charge is 0.481 e. The maximum absolute atomic E-state index is 11.6. The number of carboxylic acids is 1. The molecule has 1 unspecified atom stereocenters. The maximum atomic E-state index is 11.6. The van der Waals surface area contributed by atoms with Crippen molar-refractivity contribution in [2.24, 2.45) is 5.92 Å². The average Bonchev–Trinajstić information content (AvgIpc) is 2.78. The summed E-state index contributed by atoms with van der Waals surface area (Å²) in [6.45, 7) is 2.25. The molecule has 0 aromatic carbocycles. The third kappa shape index (κ3) is 4.44. The van der Waals surface area contributed by atoms with Crippen molar-refractivity contribution in [1.29, 1.82) is 0 Å². The lowest BCUT2D eigenvalue weighted by Gasteiger charge is -2.19. The molecule has 1 atom stereocenters. The maximum Gasteiger partial charge on any atom is 0.317 e. The first-order chi connectivity index (χ1) is 8.00. The number of nitrogens with one attached hydrogen (secondary N) is 1. The van der Waals surface area contributed by atoms with Crippen molar-refractivity contribution in [2.45, 2.75) is 13.5 Å². The van der Waals surface area contributed by atoms with E-state index >= 15 is 0 Å². The van der Waals surface area contributed by atoms with Gasteiger partial charge in [0.1, 0.15) is 0 Å². The van der Waals surface area contributed by atoms with E-state index in [4.69, 9.17) is 5.11 Å². The third-order valence-electron chi connectivity index (χ3n) is 2.31. The number of amides is 2. The minimum absolute atomic E-state index is 0.200. The lowest BCUT2D eigenvalue weighted by atomic mass is 10.2. The summed E-state index contributed by atoms with van der Waals surface area (Å²) in [7, 11) is 1.59. The lowest BCUT2D eigenvalue weighted by molar-refractivity contribution is -0.141. The Morgan fingerprint density at radius 1 is 1.59 bits per heavy atom. The second kappa shape index (κ2) is 6.24. The third-order valence-corrected chi connectivity index (χ3v) is 3.19. The van der Waals surface area contributed by atoms with E-state index in [9.17, 15) is 9.59 Å². The number of aliphatic carboxylic acids is 1. The first-order valence-electron chi connectivity index (χ1n) is 5.25. The van der Waals surface area contributed by atoms with Gasteiger partial charge in [0.25, 0.3) is 0 Å². The lowest BCUT2D eigenvalue weighted by Crippen LogP contribution is -2.40. The molecular weight excluding hydrogens is 240 g/mol. The number of carboxylic acid groups (broad SMARTS) is 1. The first kappa shape index (κ1) is 13.5. The monoisotopic (exact) mass is 256 g/mol. The molecule has 0 aliphatic rings. The molecule has 1 heterocycles. The Labute approximate surface area is 104 Å². The zero-order valence-corrected chi connectivity index (χ0v) is 10.7. The number of nitrogens with zero attached hydrogens (tertiary/aromatic N) is 1. The van der Waals surface area contributed by atoms with Gasteiger partial charge in [-0.25, -0.2) is 4.79 Å². The van der Waals surface area contributed by atoms with Gasteiger partial charge in [0, 0.05) is 18.5 Å². The van der Waals surface area contributed by atoms with Gasteiger partial charge < -0.3 is 15.3 Å². The van der Waals surface area contributed by atoms with Gasteiger partial charge in [0.05, 0.1) is 12.5 Å². The molecule has 94 valence electrons.